The van der Waals surface area contributed by atoms with E-state index in [1.807, 2.05) is 97.1 Å². The zero-order valence-corrected chi connectivity index (χ0v) is 64.1. The third-order valence-corrected chi connectivity index (χ3v) is 23.2. The van der Waals surface area contributed by atoms with Crippen molar-refractivity contribution >= 4 is 131 Å². The Labute approximate surface area is 686 Å². The van der Waals surface area contributed by atoms with E-state index in [0.717, 1.165) is 209 Å². The van der Waals surface area contributed by atoms with Crippen molar-refractivity contribution in [3.05, 3.63) is 400 Å². The lowest BCUT2D eigenvalue weighted by molar-refractivity contribution is 0.672. The molecule has 0 saturated carbocycles. The van der Waals surface area contributed by atoms with Crippen LogP contribution >= 0.6 is 0 Å². The SMILES string of the molecule is N#Cc1ccc(-c2ccccc2-c2ccccc2-n2c3ccccc3c3c4oc5ccccc5c4ccc32)cn1.N#Cc1cccnc1-c1ccccc1-c1ccccc1-n1c2ccccc2c2c3oc4ccccc4c3ccc21.N#Cc1ncccc1-c1ccccc1-c1ccccc1-n1c2ccccc2c2c3oc4ccccc4c3ccc21. The third-order valence-electron chi connectivity index (χ3n) is 23.2. The number of rotatable bonds is 9. The van der Waals surface area contributed by atoms with Gasteiger partial charge in [0, 0.05) is 100 Å². The van der Waals surface area contributed by atoms with Gasteiger partial charge in [0.1, 0.15) is 63.1 Å². The van der Waals surface area contributed by atoms with Crippen LogP contribution in [0, 0.1) is 34.0 Å². The molecule has 24 aromatic rings. The van der Waals surface area contributed by atoms with Crippen LogP contribution in [0.4, 0.5) is 0 Å². The molecule has 0 aliphatic carbocycles. The first-order valence-corrected chi connectivity index (χ1v) is 39.6. The lowest BCUT2D eigenvalue weighted by atomic mass is 9.93. The Kier molecular flexibility index (Phi) is 16.8. The molecule has 0 unspecified atom stereocenters. The van der Waals surface area contributed by atoms with Gasteiger partial charge >= 0.3 is 0 Å². The molecule has 15 aromatic carbocycles. The first-order chi connectivity index (χ1) is 59.5. The molecule has 12 nitrogen and oxygen atoms in total. The summed E-state index contributed by atoms with van der Waals surface area (Å²) >= 11 is 0. The van der Waals surface area contributed by atoms with E-state index in [0.29, 0.717) is 22.6 Å². The smallest absolute Gasteiger partial charge is 0.148 e. The highest BCUT2D eigenvalue weighted by molar-refractivity contribution is 6.27. The molecule has 9 heterocycles. The van der Waals surface area contributed by atoms with Gasteiger partial charge in [-0.15, -0.1) is 0 Å². The first-order valence-electron chi connectivity index (χ1n) is 39.6. The van der Waals surface area contributed by atoms with Crippen LogP contribution < -0.4 is 0 Å². The van der Waals surface area contributed by atoms with Gasteiger partial charge in [-0.25, -0.2) is 9.97 Å². The largest absolute Gasteiger partial charge is 0.455 e. The number of para-hydroxylation sites is 9. The van der Waals surface area contributed by atoms with E-state index in [-0.39, 0.29) is 0 Å². The van der Waals surface area contributed by atoms with Crippen LogP contribution in [0.2, 0.25) is 0 Å². The minimum atomic E-state index is 0.406. The summed E-state index contributed by atoms with van der Waals surface area (Å²) < 4.78 is 26.5. The molecule has 12 heteroatoms. The van der Waals surface area contributed by atoms with Crippen LogP contribution in [0.15, 0.2) is 396 Å². The van der Waals surface area contributed by atoms with Crippen molar-refractivity contribution < 1.29 is 13.3 Å². The summed E-state index contributed by atoms with van der Waals surface area (Å²) in [4.78, 5) is 13.3. The van der Waals surface area contributed by atoms with Gasteiger partial charge in [0.05, 0.1) is 77.6 Å². The van der Waals surface area contributed by atoms with Gasteiger partial charge in [-0.1, -0.05) is 237 Å². The zero-order chi connectivity index (χ0) is 79.9. The number of nitrogens with zero attached hydrogens (tertiary/aromatic N) is 9. The molecule has 0 radical (unpaired) electrons. The molecule has 0 spiro atoms. The van der Waals surface area contributed by atoms with Gasteiger partial charge in [0.15, 0.2) is 0 Å². The standard InChI is InChI=1S/3C36H21N3O/c37-22-23-10-9-21-38-35(23)27-14-2-1-11-24(27)25-12-3-6-16-30(25)39-31-17-7-4-15-29(31)34-32(39)20-19-28-26-13-5-8-18-33(26)40-36(28)34;37-22-30-25(15-9-21-38-30)23-10-1-2-11-24(23)26-12-3-6-16-31(26)39-32-17-7-4-14-29(32)35-33(39)20-19-28-27-13-5-8-18-34(27)40-36(28)35;37-21-24-18-17-23(22-38-24)25-9-1-2-10-26(25)27-11-3-6-14-31(27)39-32-15-7-4-13-30(32)35-33(39)20-19-29-28-12-5-8-16-34(28)40-36(29)35/h2*1-21H;1-20,22H. The minimum Gasteiger partial charge on any atom is -0.455 e. The van der Waals surface area contributed by atoms with Gasteiger partial charge in [0.2, 0.25) is 0 Å². The highest BCUT2D eigenvalue weighted by Gasteiger charge is 2.27. The number of pyridine rings is 3. The Balaban J connectivity index is 0.000000108. The van der Waals surface area contributed by atoms with Crippen LogP contribution in [0.5, 0.6) is 0 Å². The second-order valence-corrected chi connectivity index (χ2v) is 29.6. The van der Waals surface area contributed by atoms with E-state index in [2.05, 4.69) is 302 Å². The summed E-state index contributed by atoms with van der Waals surface area (Å²) in [5.41, 5.74) is 28.3. The predicted molar refractivity (Wildman–Crippen MR) is 484 cm³/mol. The van der Waals surface area contributed by atoms with Gasteiger partial charge in [-0.05, 0) is 155 Å². The number of furan rings is 3. The van der Waals surface area contributed by atoms with Crippen molar-refractivity contribution in [1.82, 2.24) is 28.7 Å². The van der Waals surface area contributed by atoms with Crippen LogP contribution in [0.1, 0.15) is 17.0 Å². The van der Waals surface area contributed by atoms with Crippen LogP contribution in [0.3, 0.4) is 0 Å². The minimum absolute atomic E-state index is 0.406. The molecule has 0 aliphatic rings. The number of fused-ring (bicyclic) bond motifs is 21. The monoisotopic (exact) mass is 1530 g/mol. The van der Waals surface area contributed by atoms with E-state index in [9.17, 15) is 15.8 Å². The number of hydrogen-bond acceptors (Lipinski definition) is 9. The average molecular weight is 1530 g/mol. The third kappa shape index (κ3) is 11.2. The average Bonchev–Trinajstić information content (AvgIpc) is 1.57. The fraction of sp³-hybridized carbons (Fsp3) is 0. The number of hydrogen-bond donors (Lipinski definition) is 0. The molecular formula is C108H63N9O3. The fourth-order valence-corrected chi connectivity index (χ4v) is 18.1. The molecular weight excluding hydrogens is 1470 g/mol. The lowest BCUT2D eigenvalue weighted by Gasteiger charge is -2.17. The van der Waals surface area contributed by atoms with Gasteiger partial charge in [0.25, 0.3) is 0 Å². The molecule has 0 saturated heterocycles. The van der Waals surface area contributed by atoms with Gasteiger partial charge in [-0.2, -0.15) is 15.8 Å². The maximum atomic E-state index is 9.82. The van der Waals surface area contributed by atoms with Crippen molar-refractivity contribution in [1.29, 1.82) is 15.8 Å². The molecule has 24 rings (SSSR count). The van der Waals surface area contributed by atoms with E-state index < -0.39 is 0 Å². The van der Waals surface area contributed by atoms with E-state index in [1.165, 1.54) is 0 Å². The second kappa shape index (κ2) is 28.8. The molecule has 0 N–H and O–H groups in total. The Bertz CT molecular complexity index is 8110. The Morgan fingerprint density at radius 3 is 0.992 bits per heavy atom. The summed E-state index contributed by atoms with van der Waals surface area (Å²) in [5, 5.41) is 42.3. The topological polar surface area (TPSA) is 164 Å². The first kappa shape index (κ1) is 69.7. The van der Waals surface area contributed by atoms with Crippen LogP contribution in [0.25, 0.3) is 215 Å². The molecule has 0 amide bonds. The molecule has 0 aliphatic heterocycles. The highest BCUT2D eigenvalue weighted by atomic mass is 16.3. The number of nitriles is 3. The van der Waals surface area contributed by atoms with Gasteiger partial charge < -0.3 is 27.0 Å². The summed E-state index contributed by atoms with van der Waals surface area (Å²) in [5.74, 6) is 0. The predicted octanol–water partition coefficient (Wildman–Crippen LogP) is 27.9. The Morgan fingerprint density at radius 2 is 0.575 bits per heavy atom. The maximum absolute atomic E-state index is 9.82. The number of benzene rings is 15. The van der Waals surface area contributed by atoms with Crippen molar-refractivity contribution in [3.63, 3.8) is 0 Å². The van der Waals surface area contributed by atoms with E-state index in [1.54, 1.807) is 30.7 Å². The fourth-order valence-electron chi connectivity index (χ4n) is 18.1. The van der Waals surface area contributed by atoms with Crippen molar-refractivity contribution in [2.45, 2.75) is 0 Å². The summed E-state index contributed by atoms with van der Waals surface area (Å²) in [7, 11) is 0. The molecule has 120 heavy (non-hydrogen) atoms. The van der Waals surface area contributed by atoms with Crippen LogP contribution in [-0.2, 0) is 0 Å². The molecule has 0 bridgehead atoms. The van der Waals surface area contributed by atoms with E-state index >= 15 is 0 Å². The maximum Gasteiger partial charge on any atom is 0.148 e. The van der Waals surface area contributed by atoms with Gasteiger partial charge in [-0.3, -0.25) is 4.98 Å². The lowest BCUT2D eigenvalue weighted by Crippen LogP contribution is -1.99. The number of aromatic nitrogens is 6. The van der Waals surface area contributed by atoms with Crippen molar-refractivity contribution in [2.24, 2.45) is 0 Å². The normalized spacial score (nSPS) is 11.5. The second-order valence-electron chi connectivity index (χ2n) is 29.6. The molecule has 9 aromatic heterocycles. The molecule has 0 fully saturated rings. The van der Waals surface area contributed by atoms with Crippen LogP contribution in [-0.4, -0.2) is 28.7 Å². The summed E-state index contributed by atoms with van der Waals surface area (Å²) in [6.45, 7) is 0. The molecule has 558 valence electrons. The molecule has 0 atom stereocenters. The Hall–Kier alpha value is -17.0. The van der Waals surface area contributed by atoms with Crippen molar-refractivity contribution in [3.8, 4) is 102 Å². The summed E-state index contributed by atoms with van der Waals surface area (Å²) in [6, 6.07) is 131. The van der Waals surface area contributed by atoms with Crippen molar-refractivity contribution in [2.75, 3.05) is 0 Å². The highest BCUT2D eigenvalue weighted by Crippen LogP contribution is 2.49. The summed E-state index contributed by atoms with van der Waals surface area (Å²) in [6.07, 6.45) is 5.18. The van der Waals surface area contributed by atoms with E-state index in [4.69, 9.17) is 13.3 Å². The zero-order valence-electron chi connectivity index (χ0n) is 64.1. The quantitative estimate of drug-likeness (QED) is 0.137. The Morgan fingerprint density at radius 1 is 0.233 bits per heavy atom.